The Morgan fingerprint density at radius 3 is 2.29 bits per heavy atom. The minimum absolute atomic E-state index is 0.0527. The maximum atomic E-state index is 11.7. The molecular weight excluding hydrogens is 302 g/mol. The Morgan fingerprint density at radius 2 is 1.67 bits per heavy atom. The summed E-state index contributed by atoms with van der Waals surface area (Å²) in [5.41, 5.74) is 0. The summed E-state index contributed by atoms with van der Waals surface area (Å²) in [4.78, 5) is 22.7. The molecule has 1 atom stereocenters. The van der Waals surface area contributed by atoms with Crippen molar-refractivity contribution < 1.29 is 14.3 Å². The van der Waals surface area contributed by atoms with E-state index in [-0.39, 0.29) is 11.9 Å². The van der Waals surface area contributed by atoms with Crippen molar-refractivity contribution in [3.8, 4) is 0 Å². The molecule has 1 heterocycles. The van der Waals surface area contributed by atoms with E-state index in [0.29, 0.717) is 19.4 Å². The Balaban J connectivity index is 1.83. The van der Waals surface area contributed by atoms with E-state index in [2.05, 4.69) is 24.4 Å². The Bertz CT molecular complexity index is 379. The highest BCUT2D eigenvalue weighted by molar-refractivity contribution is 5.87. The number of amides is 1. The molecule has 4 nitrogen and oxygen atoms in total. The van der Waals surface area contributed by atoms with Gasteiger partial charge in [0, 0.05) is 6.42 Å². The molecule has 24 heavy (non-hydrogen) atoms. The van der Waals surface area contributed by atoms with E-state index in [1.807, 2.05) is 0 Å². The molecule has 0 unspecified atom stereocenters. The lowest BCUT2D eigenvalue weighted by Crippen LogP contribution is -2.34. The van der Waals surface area contributed by atoms with E-state index in [1.54, 1.807) is 0 Å². The highest BCUT2D eigenvalue weighted by atomic mass is 16.5. The molecule has 0 aromatic carbocycles. The van der Waals surface area contributed by atoms with Crippen LogP contribution in [0.25, 0.3) is 0 Å². The molecule has 0 radical (unpaired) electrons. The molecule has 0 aromatic heterocycles. The first-order valence-electron chi connectivity index (χ1n) is 9.85. The van der Waals surface area contributed by atoms with Crippen molar-refractivity contribution in [1.82, 2.24) is 5.32 Å². The third-order valence-electron chi connectivity index (χ3n) is 4.43. The molecule has 0 bridgehead atoms. The van der Waals surface area contributed by atoms with E-state index in [0.717, 1.165) is 19.3 Å². The second-order valence-corrected chi connectivity index (χ2v) is 6.70. The van der Waals surface area contributed by atoms with Gasteiger partial charge >= 0.3 is 5.97 Å². The predicted molar refractivity (Wildman–Crippen MR) is 97.7 cm³/mol. The van der Waals surface area contributed by atoms with E-state index < -0.39 is 6.04 Å². The number of nitrogens with one attached hydrogen (secondary N) is 1. The number of hydrogen-bond donors (Lipinski definition) is 1. The zero-order valence-electron chi connectivity index (χ0n) is 15.4. The van der Waals surface area contributed by atoms with Crippen LogP contribution in [0, 0.1) is 0 Å². The molecule has 0 spiro atoms. The first kappa shape index (κ1) is 20.7. The van der Waals surface area contributed by atoms with E-state index >= 15 is 0 Å². The van der Waals surface area contributed by atoms with Gasteiger partial charge in [-0.3, -0.25) is 4.79 Å². The Morgan fingerprint density at radius 1 is 1.04 bits per heavy atom. The molecule has 0 aromatic rings. The van der Waals surface area contributed by atoms with Crippen molar-refractivity contribution in [2.45, 2.75) is 96.4 Å². The zero-order chi connectivity index (χ0) is 17.5. The minimum Gasteiger partial charge on any atom is -0.464 e. The fourth-order valence-electron chi connectivity index (χ4n) is 2.88. The van der Waals surface area contributed by atoms with Crippen molar-refractivity contribution >= 4 is 11.9 Å². The largest absolute Gasteiger partial charge is 0.464 e. The molecule has 4 heteroatoms. The topological polar surface area (TPSA) is 55.4 Å². The summed E-state index contributed by atoms with van der Waals surface area (Å²) >= 11 is 0. The summed E-state index contributed by atoms with van der Waals surface area (Å²) in [6.45, 7) is 2.71. The highest BCUT2D eigenvalue weighted by Crippen LogP contribution is 2.10. The van der Waals surface area contributed by atoms with Gasteiger partial charge in [-0.25, -0.2) is 4.79 Å². The lowest BCUT2D eigenvalue weighted by atomic mass is 10.1. The normalized spacial score (nSPS) is 17.4. The third kappa shape index (κ3) is 10.5. The van der Waals surface area contributed by atoms with Gasteiger partial charge in [0.25, 0.3) is 0 Å². The minimum atomic E-state index is -0.417. The summed E-state index contributed by atoms with van der Waals surface area (Å²) in [7, 11) is 0. The Hall–Kier alpha value is -1.32. The second-order valence-electron chi connectivity index (χ2n) is 6.70. The first-order chi connectivity index (χ1) is 11.7. The summed E-state index contributed by atoms with van der Waals surface area (Å²) < 4.78 is 5.20. The lowest BCUT2D eigenvalue weighted by molar-refractivity contribution is -0.146. The molecule has 1 fully saturated rings. The summed E-state index contributed by atoms with van der Waals surface area (Å²) in [6, 6.07) is -0.417. The van der Waals surface area contributed by atoms with Crippen LogP contribution in [-0.4, -0.2) is 24.5 Å². The number of rotatable bonds is 14. The predicted octanol–water partition coefficient (Wildman–Crippen LogP) is 4.68. The average molecular weight is 338 g/mol. The molecule has 1 saturated heterocycles. The smallest absolute Gasteiger partial charge is 0.328 e. The first-order valence-corrected chi connectivity index (χ1v) is 9.85. The van der Waals surface area contributed by atoms with Crippen LogP contribution in [0.3, 0.4) is 0 Å². The Kier molecular flexibility index (Phi) is 12.1. The van der Waals surface area contributed by atoms with Gasteiger partial charge in [0.05, 0.1) is 6.61 Å². The number of unbranched alkanes of at least 4 members (excludes halogenated alkanes) is 9. The summed E-state index contributed by atoms with van der Waals surface area (Å²) in [6.07, 6.45) is 19.2. The standard InChI is InChI=1S/C20H35NO3/c1-2-3-4-5-6-7-8-9-10-11-12-13-14-17-24-20(23)18-15-16-19(22)21-18/h10-11,18H,2-9,12-17H2,1H3,(H,21,22)/b11-10+/t18-/m0/s1. The molecule has 1 aliphatic rings. The lowest BCUT2D eigenvalue weighted by Gasteiger charge is -2.09. The number of carbonyl (C=O) groups excluding carboxylic acids is 2. The van der Waals surface area contributed by atoms with E-state index in [9.17, 15) is 9.59 Å². The van der Waals surface area contributed by atoms with Gasteiger partial charge in [-0.1, -0.05) is 57.6 Å². The van der Waals surface area contributed by atoms with Gasteiger partial charge in [0.1, 0.15) is 6.04 Å². The molecular formula is C20H35NO3. The average Bonchev–Trinajstić information content (AvgIpc) is 3.01. The second kappa shape index (κ2) is 14.1. The fraction of sp³-hybridized carbons (Fsp3) is 0.800. The van der Waals surface area contributed by atoms with Crippen molar-refractivity contribution in [3.05, 3.63) is 12.2 Å². The Labute approximate surface area is 147 Å². The van der Waals surface area contributed by atoms with Crippen LogP contribution >= 0.6 is 0 Å². The summed E-state index contributed by atoms with van der Waals surface area (Å²) in [5, 5.41) is 2.63. The highest BCUT2D eigenvalue weighted by Gasteiger charge is 2.28. The fourth-order valence-corrected chi connectivity index (χ4v) is 2.88. The number of carbonyl (C=O) groups is 2. The van der Waals surface area contributed by atoms with Crippen LogP contribution in [0.2, 0.25) is 0 Å². The van der Waals surface area contributed by atoms with Crippen molar-refractivity contribution in [1.29, 1.82) is 0 Å². The maximum Gasteiger partial charge on any atom is 0.328 e. The zero-order valence-corrected chi connectivity index (χ0v) is 15.4. The van der Waals surface area contributed by atoms with E-state index in [1.165, 1.54) is 51.4 Å². The van der Waals surface area contributed by atoms with Gasteiger partial charge in [-0.05, 0) is 38.5 Å². The van der Waals surface area contributed by atoms with Crippen LogP contribution in [0.4, 0.5) is 0 Å². The molecule has 1 N–H and O–H groups in total. The maximum absolute atomic E-state index is 11.7. The number of allylic oxidation sites excluding steroid dienone is 2. The number of hydrogen-bond acceptors (Lipinski definition) is 3. The number of esters is 1. The molecule has 0 saturated carbocycles. The van der Waals surface area contributed by atoms with Gasteiger partial charge in [0.15, 0.2) is 0 Å². The molecule has 138 valence electrons. The van der Waals surface area contributed by atoms with Crippen molar-refractivity contribution in [2.24, 2.45) is 0 Å². The van der Waals surface area contributed by atoms with Crippen LogP contribution in [0.5, 0.6) is 0 Å². The SMILES string of the molecule is CCCCCCCCC/C=C/CCCCOC(=O)[C@@H]1CCC(=O)N1. The van der Waals surface area contributed by atoms with Crippen LogP contribution in [-0.2, 0) is 14.3 Å². The van der Waals surface area contributed by atoms with Crippen LogP contribution in [0.15, 0.2) is 12.2 Å². The monoisotopic (exact) mass is 337 g/mol. The number of ether oxygens (including phenoxy) is 1. The van der Waals surface area contributed by atoms with Gasteiger partial charge in [0.2, 0.25) is 5.91 Å². The van der Waals surface area contributed by atoms with Gasteiger partial charge in [-0.15, -0.1) is 0 Å². The summed E-state index contributed by atoms with van der Waals surface area (Å²) in [5.74, 6) is -0.335. The van der Waals surface area contributed by atoms with Gasteiger partial charge in [-0.2, -0.15) is 0 Å². The van der Waals surface area contributed by atoms with E-state index in [4.69, 9.17) is 4.74 Å². The van der Waals surface area contributed by atoms with Crippen LogP contribution < -0.4 is 5.32 Å². The van der Waals surface area contributed by atoms with Crippen LogP contribution in [0.1, 0.15) is 90.4 Å². The van der Waals surface area contributed by atoms with Crippen molar-refractivity contribution in [3.63, 3.8) is 0 Å². The van der Waals surface area contributed by atoms with Crippen molar-refractivity contribution in [2.75, 3.05) is 6.61 Å². The van der Waals surface area contributed by atoms with Gasteiger partial charge < -0.3 is 10.1 Å². The quantitative estimate of drug-likeness (QED) is 0.284. The molecule has 0 aliphatic carbocycles. The molecule has 1 aliphatic heterocycles. The molecule has 1 rings (SSSR count). The third-order valence-corrected chi connectivity index (χ3v) is 4.43. The molecule has 1 amide bonds.